The fourth-order valence-corrected chi connectivity index (χ4v) is 3.55. The van der Waals surface area contributed by atoms with Crippen LogP contribution in [0.5, 0.6) is 0 Å². The Labute approximate surface area is 187 Å². The van der Waals surface area contributed by atoms with Crippen molar-refractivity contribution in [3.8, 4) is 0 Å². The predicted molar refractivity (Wildman–Crippen MR) is 119 cm³/mol. The van der Waals surface area contributed by atoms with Crippen LogP contribution in [0, 0.1) is 5.82 Å². The third kappa shape index (κ3) is 5.66. The highest BCUT2D eigenvalue weighted by Gasteiger charge is 2.15. The van der Waals surface area contributed by atoms with E-state index in [2.05, 4.69) is 65.7 Å². The zero-order chi connectivity index (χ0) is 21.6. The molecule has 1 aliphatic rings. The van der Waals surface area contributed by atoms with E-state index >= 15 is 0 Å². The topological polar surface area (TPSA) is 102 Å². The van der Waals surface area contributed by atoms with Crippen molar-refractivity contribution in [2.75, 3.05) is 31.6 Å². The molecule has 0 radical (unpaired) electrons. The highest BCUT2D eigenvalue weighted by Crippen LogP contribution is 2.23. The number of halogens is 2. The molecule has 8 nitrogen and oxygen atoms in total. The third-order valence-corrected chi connectivity index (χ3v) is 5.48. The van der Waals surface area contributed by atoms with Crippen LogP contribution in [0.3, 0.4) is 0 Å². The molecule has 0 atom stereocenters. The summed E-state index contributed by atoms with van der Waals surface area (Å²) in [6.07, 6.45) is 0. The Hall–Kier alpha value is -2.82. The van der Waals surface area contributed by atoms with E-state index < -0.39 is 0 Å². The monoisotopic (exact) mass is 488 g/mol. The van der Waals surface area contributed by atoms with Crippen molar-refractivity contribution < 1.29 is 13.8 Å². The Morgan fingerprint density at radius 3 is 2.61 bits per heavy atom. The highest BCUT2D eigenvalue weighted by atomic mass is 79.9. The first-order valence-corrected chi connectivity index (χ1v) is 10.6. The second-order valence-electron chi connectivity index (χ2n) is 7.12. The van der Waals surface area contributed by atoms with Gasteiger partial charge in [-0.25, -0.2) is 14.0 Å². The highest BCUT2D eigenvalue weighted by molar-refractivity contribution is 9.10. The molecule has 0 saturated carbocycles. The Kier molecular flexibility index (Phi) is 6.90. The molecule has 162 valence electrons. The molecule has 1 aromatic heterocycles. The summed E-state index contributed by atoms with van der Waals surface area (Å²) in [7, 11) is 0. The number of morpholine rings is 1. The van der Waals surface area contributed by atoms with Crippen LogP contribution in [0.2, 0.25) is 0 Å². The van der Waals surface area contributed by atoms with Crippen LogP contribution in [0.4, 0.5) is 15.9 Å². The van der Waals surface area contributed by atoms with Gasteiger partial charge in [0.05, 0.1) is 23.4 Å². The molecule has 0 unspecified atom stereocenters. The van der Waals surface area contributed by atoms with Crippen LogP contribution < -0.4 is 11.1 Å². The number of rotatable bonds is 7. The SMILES string of the molecule is NC(=Nc1ccc(F)c(Br)c1)c1nonc1NCc1ccc(CN2CCOCC2)cc1. The zero-order valence-corrected chi connectivity index (χ0v) is 18.3. The number of aliphatic imine (C=N–C) groups is 1. The van der Waals surface area contributed by atoms with Crippen LogP contribution in [0.25, 0.3) is 0 Å². The first-order chi connectivity index (χ1) is 15.1. The normalized spacial score (nSPS) is 15.2. The van der Waals surface area contributed by atoms with Gasteiger partial charge < -0.3 is 15.8 Å². The molecule has 0 spiro atoms. The summed E-state index contributed by atoms with van der Waals surface area (Å²) >= 11 is 3.13. The second-order valence-corrected chi connectivity index (χ2v) is 7.97. The fraction of sp³-hybridized carbons (Fsp3) is 0.286. The number of nitrogens with one attached hydrogen (secondary N) is 1. The number of aromatic nitrogens is 2. The minimum atomic E-state index is -0.376. The number of nitrogens with two attached hydrogens (primary N) is 1. The van der Waals surface area contributed by atoms with Crippen LogP contribution in [-0.4, -0.2) is 47.4 Å². The molecule has 1 aliphatic heterocycles. The summed E-state index contributed by atoms with van der Waals surface area (Å²) in [4.78, 5) is 6.65. The number of amidine groups is 1. The summed E-state index contributed by atoms with van der Waals surface area (Å²) in [6, 6.07) is 12.7. The molecule has 1 fully saturated rings. The van der Waals surface area contributed by atoms with Gasteiger partial charge >= 0.3 is 0 Å². The van der Waals surface area contributed by atoms with Gasteiger partial charge in [0.15, 0.2) is 11.5 Å². The van der Waals surface area contributed by atoms with Gasteiger partial charge in [0.25, 0.3) is 0 Å². The maximum absolute atomic E-state index is 13.4. The Morgan fingerprint density at radius 2 is 1.87 bits per heavy atom. The zero-order valence-electron chi connectivity index (χ0n) is 16.7. The smallest absolute Gasteiger partial charge is 0.202 e. The standard InChI is InChI=1S/C21H22BrFN6O2/c22-17-11-16(5-6-18(17)23)26-20(24)19-21(28-31-27-19)25-12-14-1-3-15(4-2-14)13-29-7-9-30-10-8-29/h1-6,11H,7-10,12-13H2,(H2,24,26)(H,25,28). The van der Waals surface area contributed by atoms with Gasteiger partial charge in [0, 0.05) is 26.2 Å². The van der Waals surface area contributed by atoms with Crippen molar-refractivity contribution in [2.24, 2.45) is 10.7 Å². The molecule has 10 heteroatoms. The average Bonchev–Trinajstić information content (AvgIpc) is 3.25. The quantitative estimate of drug-likeness (QED) is 0.387. The van der Waals surface area contributed by atoms with E-state index in [0.717, 1.165) is 38.4 Å². The lowest BCUT2D eigenvalue weighted by Gasteiger charge is -2.26. The molecule has 4 rings (SSSR count). The van der Waals surface area contributed by atoms with E-state index in [1.807, 2.05) is 0 Å². The fourth-order valence-electron chi connectivity index (χ4n) is 3.19. The Bertz CT molecular complexity index is 1050. The van der Waals surface area contributed by atoms with E-state index in [4.69, 9.17) is 15.1 Å². The lowest BCUT2D eigenvalue weighted by atomic mass is 10.1. The van der Waals surface area contributed by atoms with Gasteiger partial charge in [-0.15, -0.1) is 0 Å². The van der Waals surface area contributed by atoms with E-state index in [-0.39, 0.29) is 11.7 Å². The molecular formula is C21H22BrFN6O2. The van der Waals surface area contributed by atoms with Crippen molar-refractivity contribution in [2.45, 2.75) is 13.1 Å². The van der Waals surface area contributed by atoms with Gasteiger partial charge in [0.1, 0.15) is 5.82 Å². The van der Waals surface area contributed by atoms with Crippen molar-refractivity contribution >= 4 is 33.3 Å². The molecule has 3 aromatic rings. The number of hydrogen-bond acceptors (Lipinski definition) is 7. The third-order valence-electron chi connectivity index (χ3n) is 4.88. The van der Waals surface area contributed by atoms with Crippen molar-refractivity contribution in [3.05, 3.63) is 69.6 Å². The molecule has 31 heavy (non-hydrogen) atoms. The molecule has 1 saturated heterocycles. The molecule has 0 amide bonds. The van der Waals surface area contributed by atoms with E-state index in [1.54, 1.807) is 0 Å². The van der Waals surface area contributed by atoms with E-state index in [1.165, 1.54) is 23.8 Å². The molecule has 0 aliphatic carbocycles. The van der Waals surface area contributed by atoms with E-state index in [9.17, 15) is 4.39 Å². The Morgan fingerprint density at radius 1 is 1.13 bits per heavy atom. The first kappa shape index (κ1) is 21.4. The van der Waals surface area contributed by atoms with Crippen molar-refractivity contribution in [1.82, 2.24) is 15.2 Å². The van der Waals surface area contributed by atoms with Gasteiger partial charge in [-0.3, -0.25) is 4.90 Å². The van der Waals surface area contributed by atoms with Gasteiger partial charge in [-0.05, 0) is 55.6 Å². The minimum Gasteiger partial charge on any atom is -0.382 e. The Balaban J connectivity index is 1.38. The summed E-state index contributed by atoms with van der Waals surface area (Å²) in [5.41, 5.74) is 9.18. The van der Waals surface area contributed by atoms with Crippen molar-refractivity contribution in [1.29, 1.82) is 0 Å². The molecule has 2 aromatic carbocycles. The van der Waals surface area contributed by atoms with Gasteiger partial charge in [-0.1, -0.05) is 24.3 Å². The maximum Gasteiger partial charge on any atom is 0.202 e. The number of anilines is 1. The van der Waals surface area contributed by atoms with Crippen LogP contribution in [0.15, 0.2) is 56.6 Å². The molecule has 3 N–H and O–H groups in total. The summed E-state index contributed by atoms with van der Waals surface area (Å²) in [6.45, 7) is 4.95. The first-order valence-electron chi connectivity index (χ1n) is 9.82. The predicted octanol–water partition coefficient (Wildman–Crippen LogP) is 3.45. The minimum absolute atomic E-state index is 0.114. The largest absolute Gasteiger partial charge is 0.382 e. The van der Waals surface area contributed by atoms with Crippen LogP contribution in [0.1, 0.15) is 16.8 Å². The number of ether oxygens (including phenoxy) is 1. The molecule has 2 heterocycles. The number of hydrogen-bond donors (Lipinski definition) is 2. The number of benzene rings is 2. The van der Waals surface area contributed by atoms with Crippen molar-refractivity contribution in [3.63, 3.8) is 0 Å². The van der Waals surface area contributed by atoms with E-state index in [0.29, 0.717) is 28.2 Å². The van der Waals surface area contributed by atoms with Gasteiger partial charge in [-0.2, -0.15) is 0 Å². The number of nitrogens with zero attached hydrogens (tertiary/aromatic N) is 4. The molecule has 0 bridgehead atoms. The lowest BCUT2D eigenvalue weighted by molar-refractivity contribution is 0.0342. The summed E-state index contributed by atoms with van der Waals surface area (Å²) in [5.74, 6) is 0.127. The van der Waals surface area contributed by atoms with Crippen LogP contribution in [-0.2, 0) is 17.8 Å². The molecular weight excluding hydrogens is 467 g/mol. The maximum atomic E-state index is 13.4. The lowest BCUT2D eigenvalue weighted by Crippen LogP contribution is -2.35. The van der Waals surface area contributed by atoms with Gasteiger partial charge in [0.2, 0.25) is 5.82 Å². The summed E-state index contributed by atoms with van der Waals surface area (Å²) < 4.78 is 23.9. The van der Waals surface area contributed by atoms with Crippen LogP contribution >= 0.6 is 15.9 Å². The average molecular weight is 489 g/mol. The summed E-state index contributed by atoms with van der Waals surface area (Å²) in [5, 5.41) is 10.9. The second kappa shape index (κ2) is 9.99.